The predicted octanol–water partition coefficient (Wildman–Crippen LogP) is 3.10. The van der Waals surface area contributed by atoms with Gasteiger partial charge < -0.3 is 20.1 Å². The average Bonchev–Trinajstić information content (AvgIpc) is 3.00. The Labute approximate surface area is 167 Å². The smallest absolute Gasteiger partial charge is 0.320 e. The Morgan fingerprint density at radius 2 is 1.86 bits per heavy atom. The second-order valence-corrected chi connectivity index (χ2v) is 8.06. The van der Waals surface area contributed by atoms with Gasteiger partial charge in [0.05, 0.1) is 13.2 Å². The molecule has 0 radical (unpaired) electrons. The van der Waals surface area contributed by atoms with Crippen LogP contribution in [0.4, 0.5) is 5.82 Å². The van der Waals surface area contributed by atoms with Crippen molar-refractivity contribution in [2.45, 2.75) is 72.1 Å². The molecule has 0 amide bonds. The third kappa shape index (κ3) is 4.48. The van der Waals surface area contributed by atoms with Crippen molar-refractivity contribution in [1.82, 2.24) is 24.4 Å². The number of fused-ring (bicyclic) bond motifs is 1. The molecule has 1 atom stereocenters. The first-order chi connectivity index (χ1) is 13.4. The van der Waals surface area contributed by atoms with E-state index in [-0.39, 0.29) is 6.10 Å². The van der Waals surface area contributed by atoms with Gasteiger partial charge in [-0.05, 0) is 59.0 Å². The number of ether oxygens (including phenoxy) is 2. The Hall–Kier alpha value is -2.09. The largest absolute Gasteiger partial charge is 0.468 e. The number of piperidine rings is 1. The van der Waals surface area contributed by atoms with Crippen molar-refractivity contribution in [3.63, 3.8) is 0 Å². The molecule has 0 saturated carbocycles. The molecule has 0 aromatic carbocycles. The summed E-state index contributed by atoms with van der Waals surface area (Å²) in [4.78, 5) is 16.0. The molecule has 1 aliphatic rings. The van der Waals surface area contributed by atoms with Crippen LogP contribution in [0.2, 0.25) is 0 Å². The van der Waals surface area contributed by atoms with Crippen LogP contribution in [0.3, 0.4) is 0 Å². The molecule has 0 bridgehead atoms. The molecule has 28 heavy (non-hydrogen) atoms. The van der Waals surface area contributed by atoms with Crippen molar-refractivity contribution in [2.75, 3.05) is 25.9 Å². The maximum atomic E-state index is 6.16. The van der Waals surface area contributed by atoms with Crippen LogP contribution >= 0.6 is 0 Å². The normalized spacial score (nSPS) is 17.4. The monoisotopic (exact) mass is 390 g/mol. The highest BCUT2D eigenvalue weighted by Crippen LogP contribution is 2.29. The minimum atomic E-state index is 0.0421. The number of nitrogen functional groups attached to an aromatic ring is 1. The Kier molecular flexibility index (Phi) is 6.59. The molecule has 0 unspecified atom stereocenters. The van der Waals surface area contributed by atoms with Gasteiger partial charge in [-0.2, -0.15) is 15.0 Å². The van der Waals surface area contributed by atoms with Gasteiger partial charge in [0.15, 0.2) is 17.0 Å². The maximum absolute atomic E-state index is 6.16. The van der Waals surface area contributed by atoms with E-state index in [1.165, 1.54) is 0 Å². The van der Waals surface area contributed by atoms with Crippen molar-refractivity contribution >= 4 is 17.0 Å². The zero-order chi connectivity index (χ0) is 20.3. The standard InChI is InChI=1S/C20H34N6O2/c1-6-7-14(4)28-19-23-17(21)16-18(24-19)26(20(22-16)27-5)12-15-8-10-25(11-9-15)13(2)3/h13-15H,6-12H2,1-5H3,(H2,21,23,24)/t14-/m0/s1. The summed E-state index contributed by atoms with van der Waals surface area (Å²) < 4.78 is 13.4. The van der Waals surface area contributed by atoms with E-state index in [2.05, 4.69) is 40.6 Å². The number of anilines is 1. The van der Waals surface area contributed by atoms with E-state index in [9.17, 15) is 0 Å². The number of nitrogens with zero attached hydrogens (tertiary/aromatic N) is 5. The Morgan fingerprint density at radius 3 is 2.46 bits per heavy atom. The van der Waals surface area contributed by atoms with E-state index >= 15 is 0 Å². The van der Waals surface area contributed by atoms with Gasteiger partial charge in [0.25, 0.3) is 6.01 Å². The fourth-order valence-electron chi connectivity index (χ4n) is 3.91. The lowest BCUT2D eigenvalue weighted by Gasteiger charge is -2.34. The quantitative estimate of drug-likeness (QED) is 0.740. The number of imidazole rings is 1. The van der Waals surface area contributed by atoms with Crippen LogP contribution in [0.1, 0.15) is 53.4 Å². The number of likely N-dealkylation sites (tertiary alicyclic amines) is 1. The minimum Gasteiger partial charge on any atom is -0.468 e. The molecule has 2 aromatic heterocycles. The fraction of sp³-hybridized carbons (Fsp3) is 0.750. The van der Waals surface area contributed by atoms with Crippen molar-refractivity contribution < 1.29 is 9.47 Å². The SMILES string of the molecule is CCC[C@H](C)Oc1nc(N)c2nc(OC)n(CC3CCN(C(C)C)CC3)c2n1. The molecule has 8 nitrogen and oxygen atoms in total. The van der Waals surface area contributed by atoms with Crippen molar-refractivity contribution in [3.8, 4) is 12.0 Å². The van der Waals surface area contributed by atoms with E-state index < -0.39 is 0 Å². The van der Waals surface area contributed by atoms with Crippen LogP contribution in [-0.4, -0.2) is 56.8 Å². The highest BCUT2D eigenvalue weighted by atomic mass is 16.5. The highest BCUT2D eigenvalue weighted by Gasteiger charge is 2.25. The topological polar surface area (TPSA) is 91.3 Å². The third-order valence-electron chi connectivity index (χ3n) is 5.57. The summed E-state index contributed by atoms with van der Waals surface area (Å²) in [6.45, 7) is 11.7. The van der Waals surface area contributed by atoms with Gasteiger partial charge in [-0.1, -0.05) is 13.3 Å². The molecule has 1 saturated heterocycles. The Balaban J connectivity index is 1.85. The average molecular weight is 391 g/mol. The first-order valence-corrected chi connectivity index (χ1v) is 10.4. The third-order valence-corrected chi connectivity index (χ3v) is 5.57. The summed E-state index contributed by atoms with van der Waals surface area (Å²) in [7, 11) is 1.63. The summed E-state index contributed by atoms with van der Waals surface area (Å²) in [5, 5.41) is 0. The zero-order valence-corrected chi connectivity index (χ0v) is 17.8. The van der Waals surface area contributed by atoms with Gasteiger partial charge >= 0.3 is 6.01 Å². The number of rotatable bonds is 8. The molecule has 1 fully saturated rings. The fourth-order valence-corrected chi connectivity index (χ4v) is 3.91. The Bertz CT molecular complexity index is 783. The lowest BCUT2D eigenvalue weighted by Crippen LogP contribution is -2.39. The lowest BCUT2D eigenvalue weighted by atomic mass is 9.96. The zero-order valence-electron chi connectivity index (χ0n) is 17.8. The minimum absolute atomic E-state index is 0.0421. The van der Waals surface area contributed by atoms with Gasteiger partial charge in [0.1, 0.15) is 0 Å². The predicted molar refractivity (Wildman–Crippen MR) is 111 cm³/mol. The maximum Gasteiger partial charge on any atom is 0.320 e. The molecule has 3 rings (SSSR count). The number of hydrogen-bond donors (Lipinski definition) is 1. The molecule has 2 N–H and O–H groups in total. The van der Waals surface area contributed by atoms with E-state index in [0.29, 0.717) is 41.0 Å². The second kappa shape index (κ2) is 8.94. The molecule has 8 heteroatoms. The van der Waals surface area contributed by atoms with E-state index in [1.807, 2.05) is 11.5 Å². The summed E-state index contributed by atoms with van der Waals surface area (Å²) in [6.07, 6.45) is 4.33. The van der Waals surface area contributed by atoms with Crippen molar-refractivity contribution in [3.05, 3.63) is 0 Å². The van der Waals surface area contributed by atoms with Crippen LogP contribution in [0.25, 0.3) is 11.2 Å². The Morgan fingerprint density at radius 1 is 1.14 bits per heavy atom. The van der Waals surface area contributed by atoms with Crippen LogP contribution in [0, 0.1) is 5.92 Å². The van der Waals surface area contributed by atoms with Gasteiger partial charge in [-0.3, -0.25) is 4.57 Å². The second-order valence-electron chi connectivity index (χ2n) is 8.06. The summed E-state index contributed by atoms with van der Waals surface area (Å²) in [5.74, 6) is 0.885. The molecule has 1 aliphatic heterocycles. The molecule has 2 aromatic rings. The van der Waals surface area contributed by atoms with Crippen LogP contribution in [-0.2, 0) is 6.54 Å². The van der Waals surface area contributed by atoms with E-state index in [1.54, 1.807) is 7.11 Å². The van der Waals surface area contributed by atoms with E-state index in [4.69, 9.17) is 15.2 Å². The first kappa shape index (κ1) is 20.6. The van der Waals surface area contributed by atoms with E-state index in [0.717, 1.165) is 45.3 Å². The van der Waals surface area contributed by atoms with Gasteiger partial charge in [-0.25, -0.2) is 0 Å². The molecular weight excluding hydrogens is 356 g/mol. The number of aromatic nitrogens is 4. The summed E-state index contributed by atoms with van der Waals surface area (Å²) >= 11 is 0. The molecule has 0 aliphatic carbocycles. The number of methoxy groups -OCH3 is 1. The molecule has 156 valence electrons. The van der Waals surface area contributed by atoms with Crippen molar-refractivity contribution in [2.24, 2.45) is 5.92 Å². The summed E-state index contributed by atoms with van der Waals surface area (Å²) in [5.41, 5.74) is 7.42. The lowest BCUT2D eigenvalue weighted by molar-refractivity contribution is 0.140. The van der Waals surface area contributed by atoms with Crippen LogP contribution in [0.15, 0.2) is 0 Å². The highest BCUT2D eigenvalue weighted by molar-refractivity contribution is 5.83. The molecule has 3 heterocycles. The number of nitrogens with two attached hydrogens (primary N) is 1. The summed E-state index contributed by atoms with van der Waals surface area (Å²) in [6, 6.07) is 1.44. The van der Waals surface area contributed by atoms with Crippen molar-refractivity contribution in [1.29, 1.82) is 0 Å². The van der Waals surface area contributed by atoms with Gasteiger partial charge in [0, 0.05) is 12.6 Å². The molecule has 0 spiro atoms. The molecular formula is C20H34N6O2. The first-order valence-electron chi connectivity index (χ1n) is 10.4. The van der Waals surface area contributed by atoms with Crippen LogP contribution < -0.4 is 15.2 Å². The van der Waals surface area contributed by atoms with Gasteiger partial charge in [-0.15, -0.1) is 0 Å². The number of hydrogen-bond acceptors (Lipinski definition) is 7. The van der Waals surface area contributed by atoms with Crippen LogP contribution in [0.5, 0.6) is 12.0 Å². The van der Waals surface area contributed by atoms with Gasteiger partial charge in [0.2, 0.25) is 0 Å².